The quantitative estimate of drug-likeness (QED) is 0.307. The van der Waals surface area contributed by atoms with E-state index in [0.29, 0.717) is 12.8 Å². The van der Waals surface area contributed by atoms with E-state index >= 15 is 0 Å². The molecule has 0 spiro atoms. The summed E-state index contributed by atoms with van der Waals surface area (Å²) >= 11 is 0. The SMILES string of the molecule is CC(C)[C@@H]1NC(=O)C[C@@H](C(=O)NCCc2ccc(F)cc2)NC(=O)c2ccccc2OC[C@@H](Cc2ccccc2)NC(=O)CN(C)C1=O. The second-order valence-corrected chi connectivity index (χ2v) is 12.1. The lowest BCUT2D eigenvalue weighted by molar-refractivity contribution is -0.139. The number of nitrogens with one attached hydrogen (secondary N) is 4. The van der Waals surface area contributed by atoms with Gasteiger partial charge in [0.15, 0.2) is 0 Å². The van der Waals surface area contributed by atoms with Crippen molar-refractivity contribution in [2.45, 2.75) is 51.2 Å². The third-order valence-corrected chi connectivity index (χ3v) is 7.91. The van der Waals surface area contributed by atoms with E-state index in [9.17, 15) is 28.4 Å². The largest absolute Gasteiger partial charge is 0.491 e. The van der Waals surface area contributed by atoms with Gasteiger partial charge in [-0.05, 0) is 54.2 Å². The number of carbonyl (C=O) groups excluding carboxylic acids is 5. The summed E-state index contributed by atoms with van der Waals surface area (Å²) in [5.41, 5.74) is 1.87. The van der Waals surface area contributed by atoms with Gasteiger partial charge in [-0.15, -0.1) is 0 Å². The number of likely N-dealkylation sites (N-methyl/N-ethyl adjacent to an activating group) is 1. The predicted octanol–water partition coefficient (Wildman–Crippen LogP) is 2.39. The minimum absolute atomic E-state index is 0.00451. The van der Waals surface area contributed by atoms with E-state index in [-0.39, 0.29) is 42.7 Å². The van der Waals surface area contributed by atoms with Crippen LogP contribution in [0.15, 0.2) is 78.9 Å². The molecule has 12 heteroatoms. The second-order valence-electron chi connectivity index (χ2n) is 12.1. The standard InChI is InChI=1S/C36H42FN5O6/c1-23(2)33-36(47)42(3)21-32(44)39-27(19-25-9-5-4-6-10-25)22-48-30-12-8-7-11-28(30)34(45)40-29(20-31(43)41-33)35(46)38-18-17-24-13-15-26(37)16-14-24/h4-16,23,27,29,33H,17-22H2,1-3H3,(H,38,46)(H,39,44)(H,40,45)(H,41,43)/t27-,29+,33+/m1/s1. The highest BCUT2D eigenvalue weighted by molar-refractivity contribution is 6.01. The molecule has 0 fully saturated rings. The van der Waals surface area contributed by atoms with E-state index in [1.54, 1.807) is 44.2 Å². The number of para-hydroxylation sites is 1. The Labute approximate surface area is 279 Å². The molecule has 5 amide bonds. The first-order valence-electron chi connectivity index (χ1n) is 15.9. The van der Waals surface area contributed by atoms with Crippen LogP contribution in [0, 0.1) is 11.7 Å². The van der Waals surface area contributed by atoms with Crippen LogP contribution in [0.2, 0.25) is 0 Å². The number of carbonyl (C=O) groups is 5. The lowest BCUT2D eigenvalue weighted by Gasteiger charge is -2.28. The zero-order valence-corrected chi connectivity index (χ0v) is 27.3. The van der Waals surface area contributed by atoms with Crippen LogP contribution in [0.1, 0.15) is 41.8 Å². The molecule has 0 bridgehead atoms. The summed E-state index contributed by atoms with van der Waals surface area (Å²) in [5, 5.41) is 11.1. The van der Waals surface area contributed by atoms with Gasteiger partial charge in [0, 0.05) is 13.6 Å². The number of halogens is 1. The first kappa shape index (κ1) is 35.6. The number of amides is 5. The molecule has 0 saturated heterocycles. The average Bonchev–Trinajstić information content (AvgIpc) is 3.06. The molecule has 4 N–H and O–H groups in total. The molecule has 0 radical (unpaired) electrons. The summed E-state index contributed by atoms with van der Waals surface area (Å²) in [6.07, 6.45) is 0.350. The lowest BCUT2D eigenvalue weighted by Crippen LogP contribution is -2.54. The van der Waals surface area contributed by atoms with Crippen molar-refractivity contribution >= 4 is 29.5 Å². The second kappa shape index (κ2) is 17.1. The van der Waals surface area contributed by atoms with E-state index in [4.69, 9.17) is 4.74 Å². The highest BCUT2D eigenvalue weighted by atomic mass is 19.1. The molecule has 1 heterocycles. The molecule has 1 aliphatic heterocycles. The van der Waals surface area contributed by atoms with E-state index < -0.39 is 54.1 Å². The molecule has 254 valence electrons. The van der Waals surface area contributed by atoms with Crippen molar-refractivity contribution in [3.8, 4) is 5.75 Å². The molecule has 3 aromatic rings. The maximum Gasteiger partial charge on any atom is 0.255 e. The number of nitrogens with zero attached hydrogens (tertiary/aromatic N) is 1. The third-order valence-electron chi connectivity index (χ3n) is 7.91. The maximum absolute atomic E-state index is 13.6. The van der Waals surface area contributed by atoms with Gasteiger partial charge in [-0.1, -0.05) is 68.4 Å². The zero-order chi connectivity index (χ0) is 34.6. The molecule has 0 aromatic heterocycles. The first-order valence-corrected chi connectivity index (χ1v) is 15.9. The van der Waals surface area contributed by atoms with Gasteiger partial charge < -0.3 is 30.9 Å². The molecular formula is C36H42FN5O6. The normalized spacial score (nSPS) is 19.7. The van der Waals surface area contributed by atoms with Crippen molar-refractivity contribution in [2.75, 3.05) is 26.7 Å². The Morgan fingerprint density at radius 1 is 0.896 bits per heavy atom. The Kier molecular flexibility index (Phi) is 12.6. The molecule has 3 atom stereocenters. The van der Waals surface area contributed by atoms with Crippen LogP contribution in [-0.4, -0.2) is 79.3 Å². The summed E-state index contributed by atoms with van der Waals surface area (Å²) in [4.78, 5) is 68.2. The number of fused-ring (bicyclic) bond motifs is 1. The summed E-state index contributed by atoms with van der Waals surface area (Å²) in [6, 6.07) is 19.0. The maximum atomic E-state index is 13.6. The highest BCUT2D eigenvalue weighted by Gasteiger charge is 2.32. The van der Waals surface area contributed by atoms with Gasteiger partial charge in [0.25, 0.3) is 5.91 Å². The lowest BCUT2D eigenvalue weighted by atomic mass is 10.0. The number of hydrogen-bond acceptors (Lipinski definition) is 6. The first-order chi connectivity index (χ1) is 23.0. The topological polar surface area (TPSA) is 146 Å². The number of benzene rings is 3. The van der Waals surface area contributed by atoms with E-state index in [0.717, 1.165) is 11.1 Å². The summed E-state index contributed by atoms with van der Waals surface area (Å²) < 4.78 is 19.4. The minimum Gasteiger partial charge on any atom is -0.491 e. The van der Waals surface area contributed by atoms with Crippen LogP contribution >= 0.6 is 0 Å². The molecule has 0 aliphatic carbocycles. The van der Waals surface area contributed by atoms with E-state index in [1.807, 2.05) is 30.3 Å². The number of hydrogen-bond donors (Lipinski definition) is 4. The molecule has 1 aliphatic rings. The van der Waals surface area contributed by atoms with Gasteiger partial charge in [-0.25, -0.2) is 4.39 Å². The average molecular weight is 660 g/mol. The van der Waals surface area contributed by atoms with Gasteiger partial charge >= 0.3 is 0 Å². The fraction of sp³-hybridized carbons (Fsp3) is 0.361. The van der Waals surface area contributed by atoms with Crippen LogP contribution in [0.5, 0.6) is 5.75 Å². The van der Waals surface area contributed by atoms with Gasteiger partial charge in [-0.2, -0.15) is 0 Å². The van der Waals surface area contributed by atoms with Crippen LogP contribution < -0.4 is 26.0 Å². The van der Waals surface area contributed by atoms with E-state index in [2.05, 4.69) is 21.3 Å². The minimum atomic E-state index is -1.30. The van der Waals surface area contributed by atoms with Gasteiger partial charge in [-0.3, -0.25) is 24.0 Å². The zero-order valence-electron chi connectivity index (χ0n) is 27.3. The monoisotopic (exact) mass is 659 g/mol. The van der Waals surface area contributed by atoms with Crippen molar-refractivity contribution < 1.29 is 33.1 Å². The fourth-order valence-corrected chi connectivity index (χ4v) is 5.31. The van der Waals surface area contributed by atoms with Crippen molar-refractivity contribution in [1.82, 2.24) is 26.2 Å². The van der Waals surface area contributed by atoms with Crippen LogP contribution in [0.3, 0.4) is 0 Å². The Hall–Kier alpha value is -5.26. The summed E-state index contributed by atoms with van der Waals surface area (Å²) in [7, 11) is 1.48. The summed E-state index contributed by atoms with van der Waals surface area (Å²) in [5.74, 6) is -3.31. The van der Waals surface area contributed by atoms with Gasteiger partial charge in [0.1, 0.15) is 30.3 Å². The van der Waals surface area contributed by atoms with Crippen molar-refractivity contribution in [2.24, 2.45) is 5.92 Å². The fourth-order valence-electron chi connectivity index (χ4n) is 5.31. The van der Waals surface area contributed by atoms with Crippen LogP contribution in [0.25, 0.3) is 0 Å². The third kappa shape index (κ3) is 10.4. The molecule has 11 nitrogen and oxygen atoms in total. The van der Waals surface area contributed by atoms with Crippen molar-refractivity contribution in [3.05, 3.63) is 101 Å². The predicted molar refractivity (Wildman–Crippen MR) is 177 cm³/mol. The van der Waals surface area contributed by atoms with Crippen LogP contribution in [-0.2, 0) is 32.0 Å². The Morgan fingerprint density at radius 2 is 1.58 bits per heavy atom. The molecule has 0 unspecified atom stereocenters. The van der Waals surface area contributed by atoms with Crippen molar-refractivity contribution in [3.63, 3.8) is 0 Å². The number of rotatable bonds is 7. The molecule has 3 aromatic carbocycles. The van der Waals surface area contributed by atoms with Gasteiger partial charge in [0.2, 0.25) is 23.6 Å². The summed E-state index contributed by atoms with van der Waals surface area (Å²) in [6.45, 7) is 3.42. The van der Waals surface area contributed by atoms with E-state index in [1.165, 1.54) is 30.1 Å². The smallest absolute Gasteiger partial charge is 0.255 e. The molecule has 0 saturated carbocycles. The highest BCUT2D eigenvalue weighted by Crippen LogP contribution is 2.19. The van der Waals surface area contributed by atoms with Crippen molar-refractivity contribution in [1.29, 1.82) is 0 Å². The molecule has 4 rings (SSSR count). The van der Waals surface area contributed by atoms with Gasteiger partial charge in [0.05, 0.1) is 24.6 Å². The molecular weight excluding hydrogens is 617 g/mol. The Balaban J connectivity index is 1.61. The Bertz CT molecular complexity index is 1580. The number of ether oxygens (including phenoxy) is 1. The Morgan fingerprint density at radius 3 is 2.29 bits per heavy atom. The van der Waals surface area contributed by atoms with Crippen LogP contribution in [0.4, 0.5) is 4.39 Å². The molecule has 48 heavy (non-hydrogen) atoms.